The molecule has 3 rings (SSSR count). The summed E-state index contributed by atoms with van der Waals surface area (Å²) >= 11 is 1.38. The van der Waals surface area contributed by atoms with Crippen molar-refractivity contribution in [3.63, 3.8) is 0 Å². The van der Waals surface area contributed by atoms with E-state index in [1.807, 2.05) is 36.4 Å². The lowest BCUT2D eigenvalue weighted by Gasteiger charge is -2.01. The smallest absolute Gasteiger partial charge is 0.264 e. The van der Waals surface area contributed by atoms with Crippen molar-refractivity contribution in [3.8, 4) is 0 Å². The molecule has 0 unspecified atom stereocenters. The zero-order valence-electron chi connectivity index (χ0n) is 11.7. The van der Waals surface area contributed by atoms with E-state index in [2.05, 4.69) is 22.2 Å². The van der Waals surface area contributed by atoms with Gasteiger partial charge >= 0.3 is 0 Å². The Hall–Kier alpha value is -2.14. The van der Waals surface area contributed by atoms with Gasteiger partial charge in [0.05, 0.1) is 10.4 Å². The summed E-state index contributed by atoms with van der Waals surface area (Å²) in [4.78, 5) is 21.4. The van der Waals surface area contributed by atoms with E-state index in [0.29, 0.717) is 10.1 Å². The average Bonchev–Trinajstić information content (AvgIpc) is 2.86. The number of amides is 1. The number of rotatable bonds is 3. The van der Waals surface area contributed by atoms with Gasteiger partial charge in [0.15, 0.2) is 5.17 Å². The summed E-state index contributed by atoms with van der Waals surface area (Å²) in [6.45, 7) is 2.79. The third-order valence-electron chi connectivity index (χ3n) is 3.08. The van der Waals surface area contributed by atoms with Crippen LogP contribution in [-0.4, -0.2) is 22.6 Å². The molecule has 0 spiro atoms. The van der Waals surface area contributed by atoms with Gasteiger partial charge in [0.2, 0.25) is 0 Å². The molecule has 0 atom stereocenters. The second-order valence-electron chi connectivity index (χ2n) is 4.67. The fraction of sp³-hybridized carbons (Fsp3) is 0.188. The molecule has 0 saturated carbocycles. The first kappa shape index (κ1) is 13.8. The number of para-hydroxylation sites is 1. The van der Waals surface area contributed by atoms with Crippen molar-refractivity contribution in [1.29, 1.82) is 0 Å². The summed E-state index contributed by atoms with van der Waals surface area (Å²) in [5, 5.41) is 4.54. The quantitative estimate of drug-likeness (QED) is 0.885. The molecule has 106 valence electrons. The largest absolute Gasteiger partial charge is 0.301 e. The topological polar surface area (TPSA) is 54.4 Å². The van der Waals surface area contributed by atoms with E-state index >= 15 is 0 Å². The highest BCUT2D eigenvalue weighted by Gasteiger charge is 2.23. The van der Waals surface area contributed by atoms with Crippen molar-refractivity contribution >= 4 is 39.8 Å². The minimum atomic E-state index is -0.0946. The Balaban J connectivity index is 1.96. The number of fused-ring (bicyclic) bond motifs is 1. The van der Waals surface area contributed by atoms with Crippen LogP contribution in [0.25, 0.3) is 17.0 Å². The Morgan fingerprint density at radius 3 is 3.05 bits per heavy atom. The maximum atomic E-state index is 12.0. The Morgan fingerprint density at radius 2 is 2.19 bits per heavy atom. The van der Waals surface area contributed by atoms with Crippen LogP contribution in [0.2, 0.25) is 0 Å². The predicted molar refractivity (Wildman–Crippen MR) is 88.0 cm³/mol. The SMILES string of the molecule is CCCN=C1NC(=O)C(=Cc2cccc3cccnc23)S1. The van der Waals surface area contributed by atoms with Crippen LogP contribution in [0, 0.1) is 0 Å². The number of hydrogen-bond donors (Lipinski definition) is 1. The molecule has 5 heteroatoms. The normalized spacial score (nSPS) is 18.6. The average molecular weight is 297 g/mol. The summed E-state index contributed by atoms with van der Waals surface area (Å²) in [7, 11) is 0. The van der Waals surface area contributed by atoms with Crippen molar-refractivity contribution in [2.24, 2.45) is 4.99 Å². The van der Waals surface area contributed by atoms with Crippen LogP contribution in [-0.2, 0) is 4.79 Å². The highest BCUT2D eigenvalue weighted by Crippen LogP contribution is 2.28. The minimum Gasteiger partial charge on any atom is -0.301 e. The number of aromatic nitrogens is 1. The molecule has 1 N–H and O–H groups in total. The lowest BCUT2D eigenvalue weighted by atomic mass is 10.1. The van der Waals surface area contributed by atoms with E-state index in [9.17, 15) is 4.79 Å². The van der Waals surface area contributed by atoms with Crippen LogP contribution in [0.3, 0.4) is 0 Å². The molecule has 2 aromatic rings. The van der Waals surface area contributed by atoms with Gasteiger partial charge in [-0.3, -0.25) is 14.8 Å². The third-order valence-corrected chi connectivity index (χ3v) is 4.03. The van der Waals surface area contributed by atoms with Crippen LogP contribution in [0.4, 0.5) is 0 Å². The first-order valence-electron chi connectivity index (χ1n) is 6.87. The van der Waals surface area contributed by atoms with Crippen molar-refractivity contribution < 1.29 is 4.79 Å². The number of thioether (sulfide) groups is 1. The molecule has 1 amide bonds. The molecule has 1 aliphatic rings. The maximum absolute atomic E-state index is 12.0. The molecule has 4 nitrogen and oxygen atoms in total. The molecule has 1 saturated heterocycles. The summed E-state index contributed by atoms with van der Waals surface area (Å²) in [6.07, 6.45) is 4.61. The molecule has 1 fully saturated rings. The maximum Gasteiger partial charge on any atom is 0.264 e. The van der Waals surface area contributed by atoms with Crippen LogP contribution in [0.5, 0.6) is 0 Å². The first-order valence-corrected chi connectivity index (χ1v) is 7.68. The van der Waals surface area contributed by atoms with Crippen molar-refractivity contribution in [2.45, 2.75) is 13.3 Å². The van der Waals surface area contributed by atoms with Crippen molar-refractivity contribution in [1.82, 2.24) is 10.3 Å². The van der Waals surface area contributed by atoms with E-state index in [0.717, 1.165) is 29.4 Å². The zero-order chi connectivity index (χ0) is 14.7. The van der Waals surface area contributed by atoms with Gasteiger partial charge in [-0.05, 0) is 30.3 Å². The number of benzene rings is 1. The number of carbonyl (C=O) groups excluding carboxylic acids is 1. The Morgan fingerprint density at radius 1 is 1.33 bits per heavy atom. The lowest BCUT2D eigenvalue weighted by Crippen LogP contribution is -2.19. The first-order chi connectivity index (χ1) is 10.3. The van der Waals surface area contributed by atoms with Gasteiger partial charge in [0.1, 0.15) is 0 Å². The van der Waals surface area contributed by atoms with Gasteiger partial charge in [0, 0.05) is 23.7 Å². The fourth-order valence-electron chi connectivity index (χ4n) is 2.10. The molecule has 0 bridgehead atoms. The fourth-order valence-corrected chi connectivity index (χ4v) is 2.94. The summed E-state index contributed by atoms with van der Waals surface area (Å²) in [5.74, 6) is -0.0946. The van der Waals surface area contributed by atoms with E-state index in [1.54, 1.807) is 6.20 Å². The van der Waals surface area contributed by atoms with E-state index in [-0.39, 0.29) is 5.91 Å². The zero-order valence-corrected chi connectivity index (χ0v) is 12.5. The predicted octanol–water partition coefficient (Wildman–Crippen LogP) is 3.20. The van der Waals surface area contributed by atoms with Gasteiger partial charge in [-0.1, -0.05) is 31.2 Å². The van der Waals surface area contributed by atoms with E-state index < -0.39 is 0 Å². The molecule has 2 heterocycles. The van der Waals surface area contributed by atoms with Gasteiger partial charge in [-0.25, -0.2) is 0 Å². The summed E-state index contributed by atoms with van der Waals surface area (Å²) in [5.41, 5.74) is 1.85. The minimum absolute atomic E-state index is 0.0946. The molecule has 0 aliphatic carbocycles. The second-order valence-corrected chi connectivity index (χ2v) is 5.70. The Bertz CT molecular complexity index is 747. The van der Waals surface area contributed by atoms with Crippen LogP contribution in [0.15, 0.2) is 46.4 Å². The Labute approximate surface area is 127 Å². The number of aliphatic imine (C=N–C) groups is 1. The van der Waals surface area contributed by atoms with Crippen LogP contribution in [0.1, 0.15) is 18.9 Å². The van der Waals surface area contributed by atoms with Crippen LogP contribution >= 0.6 is 11.8 Å². The number of nitrogens with one attached hydrogen (secondary N) is 1. The van der Waals surface area contributed by atoms with Gasteiger partial charge in [-0.2, -0.15) is 0 Å². The molecule has 1 aromatic carbocycles. The molecular weight excluding hydrogens is 282 g/mol. The molecule has 1 aliphatic heterocycles. The van der Waals surface area contributed by atoms with Gasteiger partial charge < -0.3 is 5.32 Å². The Kier molecular flexibility index (Phi) is 4.01. The van der Waals surface area contributed by atoms with Gasteiger partial charge in [0.25, 0.3) is 5.91 Å². The summed E-state index contributed by atoms with van der Waals surface area (Å²) < 4.78 is 0. The standard InChI is InChI=1S/C16H15N3OS/c1-2-8-18-16-19-15(20)13(21-16)10-12-6-3-5-11-7-4-9-17-14(11)12/h3-7,9-10H,2,8H2,1H3,(H,18,19,20). The third kappa shape index (κ3) is 2.97. The number of carbonyl (C=O) groups is 1. The molecule has 21 heavy (non-hydrogen) atoms. The number of pyridine rings is 1. The molecule has 1 aromatic heterocycles. The van der Waals surface area contributed by atoms with Crippen LogP contribution < -0.4 is 5.32 Å². The summed E-state index contributed by atoms with van der Waals surface area (Å²) in [6, 6.07) is 9.88. The molecule has 0 radical (unpaired) electrons. The number of amidine groups is 1. The highest BCUT2D eigenvalue weighted by atomic mass is 32.2. The number of hydrogen-bond acceptors (Lipinski definition) is 4. The highest BCUT2D eigenvalue weighted by molar-refractivity contribution is 8.18. The van der Waals surface area contributed by atoms with E-state index in [1.165, 1.54) is 11.8 Å². The van der Waals surface area contributed by atoms with Crippen molar-refractivity contribution in [2.75, 3.05) is 6.54 Å². The second kappa shape index (κ2) is 6.10. The van der Waals surface area contributed by atoms with Crippen molar-refractivity contribution in [3.05, 3.63) is 47.0 Å². The monoisotopic (exact) mass is 297 g/mol. The molecular formula is C16H15N3OS. The lowest BCUT2D eigenvalue weighted by molar-refractivity contribution is -0.115. The number of nitrogens with zero attached hydrogens (tertiary/aromatic N) is 2. The van der Waals surface area contributed by atoms with E-state index in [4.69, 9.17) is 0 Å². The van der Waals surface area contributed by atoms with Gasteiger partial charge in [-0.15, -0.1) is 0 Å².